The normalized spacial score (nSPS) is 10.7. The largest absolute Gasteiger partial charge is 0.493 e. The summed E-state index contributed by atoms with van der Waals surface area (Å²) in [5.74, 6) is 1.45. The smallest absolute Gasteiger partial charge is 0.121 e. The third-order valence-electron chi connectivity index (χ3n) is 2.55. The summed E-state index contributed by atoms with van der Waals surface area (Å²) in [6.07, 6.45) is 1.92. The molecule has 2 rings (SSSR count). The van der Waals surface area contributed by atoms with Gasteiger partial charge in [-0.1, -0.05) is 19.9 Å². The van der Waals surface area contributed by atoms with Crippen molar-refractivity contribution in [3.8, 4) is 5.75 Å². The summed E-state index contributed by atoms with van der Waals surface area (Å²) >= 11 is 1.72. The van der Waals surface area contributed by atoms with E-state index in [2.05, 4.69) is 30.2 Å². The SMILES string of the molecule is Cc1ncc(CNc2cccc(OCC(C)C)c2)s1. The molecular weight excluding hydrogens is 256 g/mol. The topological polar surface area (TPSA) is 34.2 Å². The number of hydrogen-bond acceptors (Lipinski definition) is 4. The van der Waals surface area contributed by atoms with Gasteiger partial charge >= 0.3 is 0 Å². The summed E-state index contributed by atoms with van der Waals surface area (Å²) in [7, 11) is 0. The van der Waals surface area contributed by atoms with Crippen molar-refractivity contribution < 1.29 is 4.74 Å². The number of thiazole rings is 1. The standard InChI is InChI=1S/C15H20N2OS/c1-11(2)10-18-14-6-4-5-13(7-14)17-9-15-8-16-12(3)19-15/h4-8,11,17H,9-10H2,1-3H3. The fourth-order valence-electron chi connectivity index (χ4n) is 1.63. The monoisotopic (exact) mass is 276 g/mol. The number of anilines is 1. The molecule has 0 unspecified atom stereocenters. The van der Waals surface area contributed by atoms with Crippen molar-refractivity contribution in [2.45, 2.75) is 27.3 Å². The summed E-state index contributed by atoms with van der Waals surface area (Å²) in [5, 5.41) is 4.50. The summed E-state index contributed by atoms with van der Waals surface area (Å²) < 4.78 is 5.71. The number of nitrogens with zero attached hydrogens (tertiary/aromatic N) is 1. The molecule has 0 radical (unpaired) electrons. The minimum Gasteiger partial charge on any atom is -0.493 e. The van der Waals surface area contributed by atoms with Gasteiger partial charge in [0.15, 0.2) is 0 Å². The molecule has 0 saturated heterocycles. The van der Waals surface area contributed by atoms with E-state index in [-0.39, 0.29) is 0 Å². The van der Waals surface area contributed by atoms with Gasteiger partial charge in [0.1, 0.15) is 5.75 Å². The van der Waals surface area contributed by atoms with Gasteiger partial charge in [-0.05, 0) is 25.0 Å². The van der Waals surface area contributed by atoms with Gasteiger partial charge in [0.2, 0.25) is 0 Å². The van der Waals surface area contributed by atoms with Crippen molar-refractivity contribution in [1.82, 2.24) is 4.98 Å². The third kappa shape index (κ3) is 4.56. The van der Waals surface area contributed by atoms with E-state index in [1.54, 1.807) is 11.3 Å². The third-order valence-corrected chi connectivity index (χ3v) is 3.47. The molecule has 1 aromatic heterocycles. The van der Waals surface area contributed by atoms with E-state index >= 15 is 0 Å². The molecular formula is C15H20N2OS. The van der Waals surface area contributed by atoms with Crippen LogP contribution in [-0.2, 0) is 6.54 Å². The van der Waals surface area contributed by atoms with Crippen molar-refractivity contribution >= 4 is 17.0 Å². The molecule has 2 aromatic rings. The van der Waals surface area contributed by atoms with E-state index in [1.807, 2.05) is 31.3 Å². The fourth-order valence-corrected chi connectivity index (χ4v) is 2.37. The van der Waals surface area contributed by atoms with Crippen LogP contribution in [0.1, 0.15) is 23.7 Å². The maximum absolute atomic E-state index is 5.71. The molecule has 0 saturated carbocycles. The van der Waals surface area contributed by atoms with Crippen LogP contribution in [0.3, 0.4) is 0 Å². The molecule has 0 spiro atoms. The summed E-state index contributed by atoms with van der Waals surface area (Å²) in [4.78, 5) is 5.49. The highest BCUT2D eigenvalue weighted by atomic mass is 32.1. The maximum Gasteiger partial charge on any atom is 0.121 e. The molecule has 0 atom stereocenters. The average molecular weight is 276 g/mol. The molecule has 0 aliphatic heterocycles. The molecule has 1 N–H and O–H groups in total. The number of aromatic nitrogens is 1. The quantitative estimate of drug-likeness (QED) is 0.862. The van der Waals surface area contributed by atoms with Gasteiger partial charge in [0, 0.05) is 22.8 Å². The van der Waals surface area contributed by atoms with E-state index in [9.17, 15) is 0 Å². The lowest BCUT2D eigenvalue weighted by Crippen LogP contribution is -2.05. The van der Waals surface area contributed by atoms with Crippen molar-refractivity contribution in [2.24, 2.45) is 5.92 Å². The fraction of sp³-hybridized carbons (Fsp3) is 0.400. The highest BCUT2D eigenvalue weighted by molar-refractivity contribution is 7.11. The number of aryl methyl sites for hydroxylation is 1. The second kappa shape index (κ2) is 6.57. The van der Waals surface area contributed by atoms with E-state index in [0.29, 0.717) is 5.92 Å². The Morgan fingerprint density at radius 2 is 2.21 bits per heavy atom. The van der Waals surface area contributed by atoms with Gasteiger partial charge in [-0.25, -0.2) is 4.98 Å². The van der Waals surface area contributed by atoms with E-state index in [4.69, 9.17) is 4.74 Å². The number of nitrogens with one attached hydrogen (secondary N) is 1. The second-order valence-electron chi connectivity index (χ2n) is 4.93. The first kappa shape index (κ1) is 13.9. The first-order chi connectivity index (χ1) is 9.13. The van der Waals surface area contributed by atoms with Crippen molar-refractivity contribution in [1.29, 1.82) is 0 Å². The summed E-state index contributed by atoms with van der Waals surface area (Å²) in [6.45, 7) is 7.87. The highest BCUT2D eigenvalue weighted by Crippen LogP contribution is 2.20. The molecule has 1 heterocycles. The molecule has 0 aliphatic carbocycles. The van der Waals surface area contributed by atoms with Crippen LogP contribution < -0.4 is 10.1 Å². The maximum atomic E-state index is 5.71. The molecule has 0 fully saturated rings. The van der Waals surface area contributed by atoms with E-state index in [0.717, 1.165) is 29.6 Å². The average Bonchev–Trinajstić information content (AvgIpc) is 2.80. The zero-order chi connectivity index (χ0) is 13.7. The van der Waals surface area contributed by atoms with Gasteiger partial charge < -0.3 is 10.1 Å². The van der Waals surface area contributed by atoms with Crippen LogP contribution in [-0.4, -0.2) is 11.6 Å². The molecule has 3 nitrogen and oxygen atoms in total. The van der Waals surface area contributed by atoms with Crippen molar-refractivity contribution in [2.75, 3.05) is 11.9 Å². The predicted octanol–water partition coefficient (Wildman–Crippen LogP) is 4.10. The van der Waals surface area contributed by atoms with Gasteiger partial charge in [-0.15, -0.1) is 11.3 Å². The van der Waals surface area contributed by atoms with Crippen LogP contribution in [0, 0.1) is 12.8 Å². The second-order valence-corrected chi connectivity index (χ2v) is 6.25. The number of ether oxygens (including phenoxy) is 1. The first-order valence-corrected chi connectivity index (χ1v) is 7.33. The molecule has 4 heteroatoms. The van der Waals surface area contributed by atoms with Crippen LogP contribution >= 0.6 is 11.3 Å². The lowest BCUT2D eigenvalue weighted by molar-refractivity contribution is 0.271. The van der Waals surface area contributed by atoms with E-state index < -0.39 is 0 Å². The zero-order valence-corrected chi connectivity index (χ0v) is 12.5. The van der Waals surface area contributed by atoms with Gasteiger partial charge in [0.25, 0.3) is 0 Å². The lowest BCUT2D eigenvalue weighted by Gasteiger charge is -2.10. The molecule has 0 amide bonds. The number of benzene rings is 1. The van der Waals surface area contributed by atoms with Crippen LogP contribution in [0.25, 0.3) is 0 Å². The van der Waals surface area contributed by atoms with Gasteiger partial charge in [-0.2, -0.15) is 0 Å². The van der Waals surface area contributed by atoms with Crippen molar-refractivity contribution in [3.05, 3.63) is 40.3 Å². The molecule has 0 bridgehead atoms. The summed E-state index contributed by atoms with van der Waals surface area (Å²) in [6, 6.07) is 8.09. The first-order valence-electron chi connectivity index (χ1n) is 6.51. The van der Waals surface area contributed by atoms with Crippen LogP contribution in [0.4, 0.5) is 5.69 Å². The predicted molar refractivity (Wildman–Crippen MR) is 81.0 cm³/mol. The Morgan fingerprint density at radius 3 is 2.89 bits per heavy atom. The minimum absolute atomic E-state index is 0.539. The zero-order valence-electron chi connectivity index (χ0n) is 11.6. The molecule has 0 aliphatic rings. The van der Waals surface area contributed by atoms with Crippen LogP contribution in [0.5, 0.6) is 5.75 Å². The van der Waals surface area contributed by atoms with Crippen molar-refractivity contribution in [3.63, 3.8) is 0 Å². The lowest BCUT2D eigenvalue weighted by atomic mass is 10.2. The molecule has 102 valence electrons. The van der Waals surface area contributed by atoms with Gasteiger partial charge in [0.05, 0.1) is 18.2 Å². The Bertz CT molecular complexity index is 522. The minimum atomic E-state index is 0.539. The Morgan fingerprint density at radius 1 is 1.37 bits per heavy atom. The Hall–Kier alpha value is -1.55. The Kier molecular flexibility index (Phi) is 4.80. The highest BCUT2D eigenvalue weighted by Gasteiger charge is 2.01. The Labute approximate surface area is 118 Å². The van der Waals surface area contributed by atoms with E-state index in [1.165, 1.54) is 4.88 Å². The Balaban J connectivity index is 1.91. The molecule has 1 aromatic carbocycles. The summed E-state index contributed by atoms with van der Waals surface area (Å²) in [5.41, 5.74) is 1.08. The molecule has 19 heavy (non-hydrogen) atoms. The van der Waals surface area contributed by atoms with Crippen LogP contribution in [0.2, 0.25) is 0 Å². The number of hydrogen-bond donors (Lipinski definition) is 1. The number of rotatable bonds is 6. The van der Waals surface area contributed by atoms with Crippen LogP contribution in [0.15, 0.2) is 30.5 Å². The van der Waals surface area contributed by atoms with Gasteiger partial charge in [-0.3, -0.25) is 0 Å².